The SMILES string of the molecule is CC(C)(CN1CC[C@H](c2ccccc2)C1=O)[C@H](OC(=O)c1ccccc1)C(=O)NC1CCCCC1. The van der Waals surface area contributed by atoms with Gasteiger partial charge in [-0.15, -0.1) is 0 Å². The van der Waals surface area contributed by atoms with E-state index in [4.69, 9.17) is 4.74 Å². The van der Waals surface area contributed by atoms with Crippen molar-refractivity contribution < 1.29 is 19.1 Å². The number of esters is 1. The Labute approximate surface area is 208 Å². The van der Waals surface area contributed by atoms with Gasteiger partial charge >= 0.3 is 5.97 Å². The Bertz CT molecular complexity index is 1020. The van der Waals surface area contributed by atoms with Crippen LogP contribution in [0.2, 0.25) is 0 Å². The molecule has 0 spiro atoms. The average molecular weight is 477 g/mol. The van der Waals surface area contributed by atoms with E-state index in [0.717, 1.165) is 37.7 Å². The smallest absolute Gasteiger partial charge is 0.338 e. The number of carbonyl (C=O) groups excluding carboxylic acids is 3. The molecule has 1 aliphatic carbocycles. The second kappa shape index (κ2) is 11.1. The zero-order valence-corrected chi connectivity index (χ0v) is 20.7. The Kier molecular flexibility index (Phi) is 7.89. The number of hydrogen-bond acceptors (Lipinski definition) is 4. The van der Waals surface area contributed by atoms with Crippen molar-refractivity contribution in [1.29, 1.82) is 0 Å². The second-order valence-electron chi connectivity index (χ2n) is 10.5. The van der Waals surface area contributed by atoms with Gasteiger partial charge in [-0.25, -0.2) is 4.79 Å². The lowest BCUT2D eigenvalue weighted by Crippen LogP contribution is -2.53. The largest absolute Gasteiger partial charge is 0.448 e. The molecule has 2 atom stereocenters. The summed E-state index contributed by atoms with van der Waals surface area (Å²) in [6.45, 7) is 4.75. The Morgan fingerprint density at radius 3 is 2.26 bits per heavy atom. The maximum atomic E-state index is 13.5. The van der Waals surface area contributed by atoms with Crippen molar-refractivity contribution in [3.8, 4) is 0 Å². The summed E-state index contributed by atoms with van der Waals surface area (Å²) in [5, 5.41) is 3.13. The zero-order chi connectivity index (χ0) is 24.8. The van der Waals surface area contributed by atoms with Crippen molar-refractivity contribution in [3.05, 3.63) is 71.8 Å². The first kappa shape index (κ1) is 25.0. The Hall–Kier alpha value is -3.15. The van der Waals surface area contributed by atoms with E-state index in [2.05, 4.69) is 5.32 Å². The standard InChI is InChI=1S/C29H36N2O4/c1-29(2,20-31-19-18-24(27(31)33)21-12-6-3-7-13-21)25(26(32)30-23-16-10-5-11-17-23)35-28(34)22-14-8-4-9-15-22/h3-4,6-9,12-15,23-25H,5,10-11,16-20H2,1-2H3,(H,30,32)/t24-,25-/m1/s1. The van der Waals surface area contributed by atoms with Gasteiger partial charge in [0.2, 0.25) is 5.91 Å². The lowest BCUT2D eigenvalue weighted by molar-refractivity contribution is -0.141. The van der Waals surface area contributed by atoms with E-state index in [9.17, 15) is 14.4 Å². The molecule has 4 rings (SSSR count). The van der Waals surface area contributed by atoms with Crippen molar-refractivity contribution in [3.63, 3.8) is 0 Å². The summed E-state index contributed by atoms with van der Waals surface area (Å²) in [6, 6.07) is 18.6. The van der Waals surface area contributed by atoms with E-state index in [1.807, 2.05) is 55.1 Å². The number of benzene rings is 2. The lowest BCUT2D eigenvalue weighted by Gasteiger charge is -2.37. The third-order valence-electron chi connectivity index (χ3n) is 7.23. The van der Waals surface area contributed by atoms with Gasteiger partial charge in [-0.05, 0) is 37.0 Å². The maximum absolute atomic E-state index is 13.5. The molecule has 1 saturated heterocycles. The molecule has 1 saturated carbocycles. The summed E-state index contributed by atoms with van der Waals surface area (Å²) in [4.78, 5) is 41.5. The van der Waals surface area contributed by atoms with Gasteiger partial charge in [0.25, 0.3) is 5.91 Å². The summed E-state index contributed by atoms with van der Waals surface area (Å²) in [5.41, 5.74) is 0.643. The van der Waals surface area contributed by atoms with Crippen LogP contribution in [0, 0.1) is 5.41 Å². The summed E-state index contributed by atoms with van der Waals surface area (Å²) >= 11 is 0. The third kappa shape index (κ3) is 6.11. The molecule has 2 aliphatic rings. The molecule has 0 radical (unpaired) electrons. The maximum Gasteiger partial charge on any atom is 0.338 e. The molecule has 35 heavy (non-hydrogen) atoms. The fourth-order valence-electron chi connectivity index (χ4n) is 5.31. The molecule has 186 valence electrons. The van der Waals surface area contributed by atoms with Crippen LogP contribution in [-0.4, -0.2) is 47.9 Å². The number of nitrogens with one attached hydrogen (secondary N) is 1. The molecule has 2 aromatic carbocycles. The van der Waals surface area contributed by atoms with Crippen LogP contribution >= 0.6 is 0 Å². The van der Waals surface area contributed by atoms with Crippen LogP contribution in [-0.2, 0) is 14.3 Å². The fraction of sp³-hybridized carbons (Fsp3) is 0.483. The van der Waals surface area contributed by atoms with Gasteiger partial charge in [-0.3, -0.25) is 9.59 Å². The number of likely N-dealkylation sites (tertiary alicyclic amines) is 1. The number of amides is 2. The van der Waals surface area contributed by atoms with Crippen LogP contribution < -0.4 is 5.32 Å². The topological polar surface area (TPSA) is 75.7 Å². The number of rotatable bonds is 8. The normalized spacial score (nSPS) is 19.9. The number of carbonyl (C=O) groups is 3. The molecule has 2 aromatic rings. The highest BCUT2D eigenvalue weighted by Crippen LogP contribution is 2.33. The first-order valence-corrected chi connectivity index (χ1v) is 12.8. The zero-order valence-electron chi connectivity index (χ0n) is 20.7. The number of ether oxygens (including phenoxy) is 1. The van der Waals surface area contributed by atoms with Gasteiger partial charge in [0, 0.05) is 24.5 Å². The van der Waals surface area contributed by atoms with Crippen LogP contribution in [0.5, 0.6) is 0 Å². The van der Waals surface area contributed by atoms with Crippen LogP contribution in [0.1, 0.15) is 74.2 Å². The number of nitrogens with zero attached hydrogens (tertiary/aromatic N) is 1. The Morgan fingerprint density at radius 2 is 1.60 bits per heavy atom. The molecule has 1 heterocycles. The van der Waals surface area contributed by atoms with Gasteiger partial charge in [0.15, 0.2) is 6.10 Å². The fourth-order valence-corrected chi connectivity index (χ4v) is 5.31. The highest BCUT2D eigenvalue weighted by molar-refractivity contribution is 5.92. The molecule has 6 heteroatoms. The third-order valence-corrected chi connectivity index (χ3v) is 7.23. The summed E-state index contributed by atoms with van der Waals surface area (Å²) in [7, 11) is 0. The van der Waals surface area contributed by atoms with E-state index in [0.29, 0.717) is 18.7 Å². The minimum Gasteiger partial charge on any atom is -0.448 e. The summed E-state index contributed by atoms with van der Waals surface area (Å²) < 4.78 is 5.87. The van der Waals surface area contributed by atoms with E-state index < -0.39 is 17.5 Å². The van der Waals surface area contributed by atoms with Crippen molar-refractivity contribution in [2.45, 2.75) is 70.4 Å². The Balaban J connectivity index is 1.50. The number of hydrogen-bond donors (Lipinski definition) is 1. The molecule has 2 fully saturated rings. The molecule has 6 nitrogen and oxygen atoms in total. The highest BCUT2D eigenvalue weighted by atomic mass is 16.5. The summed E-state index contributed by atoms with van der Waals surface area (Å²) in [6.07, 6.45) is 4.97. The molecule has 1 aliphatic heterocycles. The van der Waals surface area contributed by atoms with Gasteiger partial charge in [0.1, 0.15) is 0 Å². The first-order valence-electron chi connectivity index (χ1n) is 12.8. The predicted molar refractivity (Wildman–Crippen MR) is 135 cm³/mol. The lowest BCUT2D eigenvalue weighted by atomic mass is 9.84. The van der Waals surface area contributed by atoms with E-state index in [1.165, 1.54) is 6.42 Å². The molecule has 1 N–H and O–H groups in total. The van der Waals surface area contributed by atoms with E-state index in [1.54, 1.807) is 24.3 Å². The van der Waals surface area contributed by atoms with E-state index in [-0.39, 0.29) is 23.8 Å². The van der Waals surface area contributed by atoms with Crippen LogP contribution in [0.25, 0.3) is 0 Å². The quantitative estimate of drug-likeness (QED) is 0.560. The molecule has 0 bridgehead atoms. The second-order valence-corrected chi connectivity index (χ2v) is 10.5. The molecular weight excluding hydrogens is 440 g/mol. The van der Waals surface area contributed by atoms with Crippen LogP contribution in [0.3, 0.4) is 0 Å². The van der Waals surface area contributed by atoms with Gasteiger partial charge in [0.05, 0.1) is 11.5 Å². The van der Waals surface area contributed by atoms with Gasteiger partial charge in [-0.2, -0.15) is 0 Å². The first-order chi connectivity index (χ1) is 16.8. The van der Waals surface area contributed by atoms with Crippen molar-refractivity contribution in [2.75, 3.05) is 13.1 Å². The van der Waals surface area contributed by atoms with Gasteiger partial charge in [-0.1, -0.05) is 81.6 Å². The molecule has 2 amide bonds. The van der Waals surface area contributed by atoms with Gasteiger partial charge < -0.3 is 15.0 Å². The van der Waals surface area contributed by atoms with E-state index >= 15 is 0 Å². The van der Waals surface area contributed by atoms with Crippen molar-refractivity contribution in [2.24, 2.45) is 5.41 Å². The molecule has 0 unspecified atom stereocenters. The van der Waals surface area contributed by atoms with Crippen LogP contribution in [0.15, 0.2) is 60.7 Å². The van der Waals surface area contributed by atoms with Crippen molar-refractivity contribution in [1.82, 2.24) is 10.2 Å². The monoisotopic (exact) mass is 476 g/mol. The minimum absolute atomic E-state index is 0.0603. The predicted octanol–water partition coefficient (Wildman–Crippen LogP) is 4.70. The minimum atomic E-state index is -1.01. The van der Waals surface area contributed by atoms with Crippen LogP contribution in [0.4, 0.5) is 0 Å². The van der Waals surface area contributed by atoms with Crippen molar-refractivity contribution >= 4 is 17.8 Å². The Morgan fingerprint density at radius 1 is 0.971 bits per heavy atom. The average Bonchev–Trinajstić information content (AvgIpc) is 3.23. The summed E-state index contributed by atoms with van der Waals surface area (Å²) in [5.74, 6) is -0.923. The molecular formula is C29H36N2O4. The highest BCUT2D eigenvalue weighted by Gasteiger charge is 2.44. The molecule has 0 aromatic heterocycles.